The summed E-state index contributed by atoms with van der Waals surface area (Å²) in [6, 6.07) is 7.45. The number of hydrogen-bond acceptors (Lipinski definition) is 1. The Labute approximate surface area is 111 Å². The van der Waals surface area contributed by atoms with E-state index >= 15 is 0 Å². The fourth-order valence-corrected chi connectivity index (χ4v) is 1.56. The van der Waals surface area contributed by atoms with E-state index in [2.05, 4.69) is 10.6 Å². The highest BCUT2D eigenvalue weighted by Crippen LogP contribution is 2.09. The molecule has 2 N–H and O–H groups in total. The molecular formula is C12H16Cl2N2O. The van der Waals surface area contributed by atoms with E-state index in [-0.39, 0.29) is 6.03 Å². The van der Waals surface area contributed by atoms with Crippen LogP contribution in [-0.2, 0) is 6.42 Å². The number of rotatable bonds is 6. The van der Waals surface area contributed by atoms with E-state index in [4.69, 9.17) is 23.2 Å². The van der Waals surface area contributed by atoms with Crippen LogP contribution in [-0.4, -0.2) is 25.0 Å². The SMILES string of the molecule is O=C(NCCCCl)NCCc1ccc(Cl)cc1. The second-order valence-corrected chi connectivity index (χ2v) is 4.42. The molecule has 0 atom stereocenters. The molecule has 0 radical (unpaired) electrons. The molecule has 0 unspecified atom stereocenters. The van der Waals surface area contributed by atoms with Gasteiger partial charge < -0.3 is 10.6 Å². The van der Waals surface area contributed by atoms with Crippen molar-refractivity contribution in [2.75, 3.05) is 19.0 Å². The molecule has 0 spiro atoms. The number of hydrogen-bond donors (Lipinski definition) is 2. The molecule has 0 aliphatic carbocycles. The van der Waals surface area contributed by atoms with Crippen LogP contribution in [0.15, 0.2) is 24.3 Å². The molecule has 0 heterocycles. The fourth-order valence-electron chi connectivity index (χ4n) is 1.30. The van der Waals surface area contributed by atoms with Crippen LogP contribution >= 0.6 is 23.2 Å². The van der Waals surface area contributed by atoms with Crippen molar-refractivity contribution in [3.63, 3.8) is 0 Å². The number of benzene rings is 1. The Hall–Kier alpha value is -0.930. The molecule has 3 nitrogen and oxygen atoms in total. The molecule has 0 fully saturated rings. The second-order valence-electron chi connectivity index (χ2n) is 3.60. The zero-order chi connectivity index (χ0) is 12.5. The summed E-state index contributed by atoms with van der Waals surface area (Å²) in [6.45, 7) is 1.21. The van der Waals surface area contributed by atoms with Crippen molar-refractivity contribution < 1.29 is 4.79 Å². The zero-order valence-electron chi connectivity index (χ0n) is 9.51. The lowest BCUT2D eigenvalue weighted by Crippen LogP contribution is -2.37. The highest BCUT2D eigenvalue weighted by molar-refractivity contribution is 6.30. The maximum absolute atomic E-state index is 11.3. The number of urea groups is 1. The molecule has 0 saturated carbocycles. The van der Waals surface area contributed by atoms with Gasteiger partial charge in [-0.3, -0.25) is 0 Å². The Bertz CT molecular complexity index is 341. The predicted octanol–water partition coefficient (Wildman–Crippen LogP) is 2.81. The van der Waals surface area contributed by atoms with E-state index < -0.39 is 0 Å². The summed E-state index contributed by atoms with van der Waals surface area (Å²) in [5, 5.41) is 6.22. The highest BCUT2D eigenvalue weighted by Gasteiger charge is 1.98. The molecule has 0 saturated heterocycles. The van der Waals surface area contributed by atoms with Crippen LogP contribution in [0.25, 0.3) is 0 Å². The molecule has 17 heavy (non-hydrogen) atoms. The molecule has 1 aromatic carbocycles. The van der Waals surface area contributed by atoms with Crippen molar-refractivity contribution in [3.05, 3.63) is 34.9 Å². The number of carbonyl (C=O) groups excluding carboxylic acids is 1. The van der Waals surface area contributed by atoms with Crippen molar-refractivity contribution >= 4 is 29.2 Å². The summed E-state index contributed by atoms with van der Waals surface area (Å²) in [6.07, 6.45) is 1.58. The number of carbonyl (C=O) groups is 1. The first-order chi connectivity index (χ1) is 8.22. The Morgan fingerprint density at radius 1 is 1.12 bits per heavy atom. The minimum atomic E-state index is -0.149. The minimum absolute atomic E-state index is 0.149. The van der Waals surface area contributed by atoms with Gasteiger partial charge in [0.15, 0.2) is 0 Å². The van der Waals surface area contributed by atoms with Gasteiger partial charge in [-0.15, -0.1) is 11.6 Å². The molecule has 2 amide bonds. The average Bonchev–Trinajstić information content (AvgIpc) is 2.32. The number of alkyl halides is 1. The maximum Gasteiger partial charge on any atom is 0.314 e. The molecular weight excluding hydrogens is 259 g/mol. The van der Waals surface area contributed by atoms with Crippen molar-refractivity contribution in [2.24, 2.45) is 0 Å². The maximum atomic E-state index is 11.3. The summed E-state index contributed by atoms with van der Waals surface area (Å²) in [7, 11) is 0. The summed E-state index contributed by atoms with van der Waals surface area (Å²) >= 11 is 11.3. The topological polar surface area (TPSA) is 41.1 Å². The molecule has 5 heteroatoms. The normalized spacial score (nSPS) is 10.0. The average molecular weight is 275 g/mol. The first-order valence-electron chi connectivity index (χ1n) is 5.54. The lowest BCUT2D eigenvalue weighted by molar-refractivity contribution is 0.241. The van der Waals surface area contributed by atoms with Gasteiger partial charge >= 0.3 is 6.03 Å². The van der Waals surface area contributed by atoms with Gasteiger partial charge in [0.2, 0.25) is 0 Å². The largest absolute Gasteiger partial charge is 0.338 e. The van der Waals surface area contributed by atoms with Crippen LogP contribution in [0.1, 0.15) is 12.0 Å². The van der Waals surface area contributed by atoms with E-state index in [9.17, 15) is 4.79 Å². The Balaban J connectivity index is 2.14. The third-order valence-electron chi connectivity index (χ3n) is 2.21. The standard InChI is InChI=1S/C12H16Cl2N2O/c13-7-1-8-15-12(17)16-9-6-10-2-4-11(14)5-3-10/h2-5H,1,6-9H2,(H2,15,16,17). The van der Waals surface area contributed by atoms with Crippen LogP contribution in [0.2, 0.25) is 5.02 Å². The van der Waals surface area contributed by atoms with Crippen molar-refractivity contribution in [3.8, 4) is 0 Å². The summed E-state index contributed by atoms with van der Waals surface area (Å²) < 4.78 is 0. The molecule has 0 aliphatic rings. The number of amides is 2. The third kappa shape index (κ3) is 6.39. The van der Waals surface area contributed by atoms with Crippen LogP contribution < -0.4 is 10.6 Å². The van der Waals surface area contributed by atoms with E-state index in [0.717, 1.165) is 23.4 Å². The highest BCUT2D eigenvalue weighted by atomic mass is 35.5. The van der Waals surface area contributed by atoms with Crippen molar-refractivity contribution in [2.45, 2.75) is 12.8 Å². The van der Waals surface area contributed by atoms with Gasteiger partial charge in [0.05, 0.1) is 0 Å². The predicted molar refractivity (Wildman–Crippen MR) is 71.9 cm³/mol. The van der Waals surface area contributed by atoms with Crippen LogP contribution in [0.5, 0.6) is 0 Å². The molecule has 1 rings (SSSR count). The third-order valence-corrected chi connectivity index (χ3v) is 2.73. The minimum Gasteiger partial charge on any atom is -0.338 e. The summed E-state index contributed by atoms with van der Waals surface area (Å²) in [5.41, 5.74) is 1.15. The molecule has 1 aromatic rings. The lowest BCUT2D eigenvalue weighted by atomic mass is 10.1. The van der Waals surface area contributed by atoms with Gasteiger partial charge in [-0.2, -0.15) is 0 Å². The quantitative estimate of drug-likeness (QED) is 0.608. The molecule has 0 aliphatic heterocycles. The van der Waals surface area contributed by atoms with E-state index in [1.165, 1.54) is 0 Å². The van der Waals surface area contributed by atoms with Gasteiger partial charge in [-0.1, -0.05) is 23.7 Å². The lowest BCUT2D eigenvalue weighted by Gasteiger charge is -2.06. The van der Waals surface area contributed by atoms with Gasteiger partial charge in [0, 0.05) is 24.0 Å². The number of halogens is 2. The van der Waals surface area contributed by atoms with Crippen LogP contribution in [0.3, 0.4) is 0 Å². The van der Waals surface area contributed by atoms with E-state index in [1.807, 2.05) is 24.3 Å². The Morgan fingerprint density at radius 2 is 1.76 bits per heavy atom. The van der Waals surface area contributed by atoms with Gasteiger partial charge in [-0.25, -0.2) is 4.79 Å². The monoisotopic (exact) mass is 274 g/mol. The zero-order valence-corrected chi connectivity index (χ0v) is 11.0. The molecule has 94 valence electrons. The van der Waals surface area contributed by atoms with Crippen molar-refractivity contribution in [1.82, 2.24) is 10.6 Å². The van der Waals surface area contributed by atoms with E-state index in [1.54, 1.807) is 0 Å². The van der Waals surface area contributed by atoms with Gasteiger partial charge in [0.25, 0.3) is 0 Å². The van der Waals surface area contributed by atoms with Gasteiger partial charge in [-0.05, 0) is 30.5 Å². The first-order valence-corrected chi connectivity index (χ1v) is 6.45. The Morgan fingerprint density at radius 3 is 2.41 bits per heavy atom. The van der Waals surface area contributed by atoms with Crippen molar-refractivity contribution in [1.29, 1.82) is 0 Å². The number of nitrogens with one attached hydrogen (secondary N) is 2. The fraction of sp³-hybridized carbons (Fsp3) is 0.417. The molecule has 0 bridgehead atoms. The first kappa shape index (κ1) is 14.1. The van der Waals surface area contributed by atoms with Gasteiger partial charge in [0.1, 0.15) is 0 Å². The molecule has 0 aromatic heterocycles. The smallest absolute Gasteiger partial charge is 0.314 e. The Kier molecular flexibility index (Phi) is 6.82. The summed E-state index contributed by atoms with van der Waals surface area (Å²) in [4.78, 5) is 11.3. The second kappa shape index (κ2) is 8.20. The van der Waals surface area contributed by atoms with E-state index in [0.29, 0.717) is 19.0 Å². The van der Waals surface area contributed by atoms with Crippen LogP contribution in [0.4, 0.5) is 4.79 Å². The summed E-state index contributed by atoms with van der Waals surface area (Å²) in [5.74, 6) is 0.561. The van der Waals surface area contributed by atoms with Crippen LogP contribution in [0, 0.1) is 0 Å².